The van der Waals surface area contributed by atoms with Crippen molar-refractivity contribution >= 4 is 11.8 Å². The summed E-state index contributed by atoms with van der Waals surface area (Å²) in [6.45, 7) is 7.53. The zero-order valence-electron chi connectivity index (χ0n) is 10.4. The van der Waals surface area contributed by atoms with Gasteiger partial charge in [0.25, 0.3) is 0 Å². The maximum absolute atomic E-state index is 4.27. The summed E-state index contributed by atoms with van der Waals surface area (Å²) in [5.41, 5.74) is 1.11. The third-order valence-electron chi connectivity index (χ3n) is 2.28. The van der Waals surface area contributed by atoms with Crippen LogP contribution in [0.25, 0.3) is 0 Å². The number of aromatic nitrogens is 2. The Morgan fingerprint density at radius 1 is 1.38 bits per heavy atom. The van der Waals surface area contributed by atoms with E-state index >= 15 is 0 Å². The Morgan fingerprint density at radius 2 is 2.06 bits per heavy atom. The van der Waals surface area contributed by atoms with Gasteiger partial charge in [0.15, 0.2) is 5.16 Å². The van der Waals surface area contributed by atoms with Crippen LogP contribution in [0.5, 0.6) is 0 Å². The summed E-state index contributed by atoms with van der Waals surface area (Å²) in [4.78, 5) is 8.54. The van der Waals surface area contributed by atoms with Gasteiger partial charge in [-0.2, -0.15) is 0 Å². The van der Waals surface area contributed by atoms with Crippen molar-refractivity contribution in [1.29, 1.82) is 0 Å². The molecule has 0 saturated heterocycles. The minimum absolute atomic E-state index is 0.581. The lowest BCUT2D eigenvalue weighted by Gasteiger charge is -2.11. The lowest BCUT2D eigenvalue weighted by atomic mass is 10.2. The van der Waals surface area contributed by atoms with Crippen LogP contribution in [0.15, 0.2) is 17.6 Å². The molecule has 0 fully saturated rings. The van der Waals surface area contributed by atoms with Crippen molar-refractivity contribution < 1.29 is 0 Å². The Bertz CT molecular complexity index is 287. The first-order chi connectivity index (χ1) is 7.72. The van der Waals surface area contributed by atoms with E-state index in [1.54, 1.807) is 11.8 Å². The maximum atomic E-state index is 4.27. The van der Waals surface area contributed by atoms with Gasteiger partial charge in [-0.25, -0.2) is 9.97 Å². The van der Waals surface area contributed by atoms with Crippen molar-refractivity contribution in [1.82, 2.24) is 15.3 Å². The summed E-state index contributed by atoms with van der Waals surface area (Å²) < 4.78 is 0. The van der Waals surface area contributed by atoms with E-state index in [2.05, 4.69) is 29.1 Å². The molecule has 0 spiro atoms. The van der Waals surface area contributed by atoms with Crippen LogP contribution in [0, 0.1) is 6.92 Å². The Kier molecular flexibility index (Phi) is 6.42. The minimum atomic E-state index is 0.581. The van der Waals surface area contributed by atoms with E-state index in [4.69, 9.17) is 0 Å². The van der Waals surface area contributed by atoms with Crippen LogP contribution in [-0.2, 0) is 0 Å². The molecule has 1 N–H and O–H groups in total. The first-order valence-electron chi connectivity index (χ1n) is 5.87. The van der Waals surface area contributed by atoms with Crippen molar-refractivity contribution in [2.24, 2.45) is 0 Å². The van der Waals surface area contributed by atoms with Crippen LogP contribution in [0.2, 0.25) is 0 Å². The Hall–Kier alpha value is -0.610. The SMILES string of the molecule is CCCNC(C)CCSc1ncc(C)cn1. The summed E-state index contributed by atoms with van der Waals surface area (Å²) >= 11 is 1.73. The van der Waals surface area contributed by atoms with E-state index in [0.29, 0.717) is 6.04 Å². The normalized spacial score (nSPS) is 12.7. The molecule has 0 aromatic carbocycles. The van der Waals surface area contributed by atoms with E-state index in [1.165, 1.54) is 6.42 Å². The van der Waals surface area contributed by atoms with Crippen LogP contribution < -0.4 is 5.32 Å². The first-order valence-corrected chi connectivity index (χ1v) is 6.85. The van der Waals surface area contributed by atoms with E-state index in [-0.39, 0.29) is 0 Å². The van der Waals surface area contributed by atoms with Crippen molar-refractivity contribution in [2.45, 2.75) is 44.8 Å². The van der Waals surface area contributed by atoms with Crippen LogP contribution >= 0.6 is 11.8 Å². The van der Waals surface area contributed by atoms with Crippen LogP contribution in [-0.4, -0.2) is 28.3 Å². The molecule has 1 heterocycles. The minimum Gasteiger partial charge on any atom is -0.314 e. The Labute approximate surface area is 102 Å². The summed E-state index contributed by atoms with van der Waals surface area (Å²) in [5.74, 6) is 1.07. The first kappa shape index (κ1) is 13.5. The number of hydrogen-bond acceptors (Lipinski definition) is 4. The van der Waals surface area contributed by atoms with Gasteiger partial charge in [-0.3, -0.25) is 0 Å². The lowest BCUT2D eigenvalue weighted by molar-refractivity contribution is 0.536. The topological polar surface area (TPSA) is 37.8 Å². The second-order valence-corrected chi connectivity index (χ2v) is 5.10. The van der Waals surface area contributed by atoms with E-state index in [1.807, 2.05) is 19.3 Å². The molecule has 1 aromatic heterocycles. The van der Waals surface area contributed by atoms with Gasteiger partial charge < -0.3 is 5.32 Å². The highest BCUT2D eigenvalue weighted by Crippen LogP contribution is 2.13. The van der Waals surface area contributed by atoms with E-state index in [9.17, 15) is 0 Å². The fourth-order valence-corrected chi connectivity index (χ4v) is 2.18. The fourth-order valence-electron chi connectivity index (χ4n) is 1.28. The molecule has 1 rings (SSSR count). The lowest BCUT2D eigenvalue weighted by Crippen LogP contribution is -2.27. The van der Waals surface area contributed by atoms with Gasteiger partial charge in [-0.15, -0.1) is 0 Å². The number of thioether (sulfide) groups is 1. The molecule has 0 aliphatic carbocycles. The largest absolute Gasteiger partial charge is 0.314 e. The van der Waals surface area contributed by atoms with Crippen LogP contribution in [0.4, 0.5) is 0 Å². The van der Waals surface area contributed by atoms with Crippen molar-refractivity contribution in [3.63, 3.8) is 0 Å². The van der Waals surface area contributed by atoms with Gasteiger partial charge in [-0.1, -0.05) is 18.7 Å². The maximum Gasteiger partial charge on any atom is 0.187 e. The summed E-state index contributed by atoms with van der Waals surface area (Å²) in [6, 6.07) is 0.581. The predicted molar refractivity (Wildman–Crippen MR) is 69.9 cm³/mol. The number of nitrogens with zero attached hydrogens (tertiary/aromatic N) is 2. The second kappa shape index (κ2) is 7.63. The van der Waals surface area contributed by atoms with Gasteiger partial charge in [0, 0.05) is 24.2 Å². The quantitative estimate of drug-likeness (QED) is 0.586. The van der Waals surface area contributed by atoms with Gasteiger partial charge in [0.1, 0.15) is 0 Å². The molecule has 1 aromatic rings. The molecule has 0 bridgehead atoms. The Balaban J connectivity index is 2.17. The highest BCUT2D eigenvalue weighted by molar-refractivity contribution is 7.99. The molecule has 0 radical (unpaired) electrons. The molecule has 0 aliphatic rings. The standard InChI is InChI=1S/C12H21N3S/c1-4-6-13-11(3)5-7-16-12-14-8-10(2)9-15-12/h8-9,11,13H,4-7H2,1-3H3. The molecule has 1 unspecified atom stereocenters. The molecular formula is C12H21N3S. The summed E-state index contributed by atoms with van der Waals surface area (Å²) in [5, 5.41) is 4.36. The zero-order chi connectivity index (χ0) is 11.8. The predicted octanol–water partition coefficient (Wildman–Crippen LogP) is 2.66. The molecule has 4 heteroatoms. The van der Waals surface area contributed by atoms with E-state index in [0.717, 1.165) is 29.4 Å². The highest BCUT2D eigenvalue weighted by atomic mass is 32.2. The average Bonchev–Trinajstić information content (AvgIpc) is 2.29. The number of aryl methyl sites for hydroxylation is 1. The van der Waals surface area contributed by atoms with E-state index < -0.39 is 0 Å². The molecule has 3 nitrogen and oxygen atoms in total. The highest BCUT2D eigenvalue weighted by Gasteiger charge is 2.02. The Morgan fingerprint density at radius 3 is 2.69 bits per heavy atom. The van der Waals surface area contributed by atoms with Gasteiger partial charge in [0.2, 0.25) is 0 Å². The van der Waals surface area contributed by atoms with Gasteiger partial charge >= 0.3 is 0 Å². The monoisotopic (exact) mass is 239 g/mol. The number of hydrogen-bond donors (Lipinski definition) is 1. The van der Waals surface area contributed by atoms with Crippen molar-refractivity contribution in [3.8, 4) is 0 Å². The van der Waals surface area contributed by atoms with Crippen molar-refractivity contribution in [3.05, 3.63) is 18.0 Å². The molecular weight excluding hydrogens is 218 g/mol. The molecule has 0 amide bonds. The molecule has 0 saturated carbocycles. The van der Waals surface area contributed by atoms with Gasteiger partial charge in [-0.05, 0) is 38.8 Å². The van der Waals surface area contributed by atoms with Crippen LogP contribution in [0.3, 0.4) is 0 Å². The third-order valence-corrected chi connectivity index (χ3v) is 3.19. The fraction of sp³-hybridized carbons (Fsp3) is 0.667. The molecule has 0 aliphatic heterocycles. The van der Waals surface area contributed by atoms with Crippen LogP contribution in [0.1, 0.15) is 32.3 Å². The number of rotatable bonds is 7. The zero-order valence-corrected chi connectivity index (χ0v) is 11.2. The smallest absolute Gasteiger partial charge is 0.187 e. The van der Waals surface area contributed by atoms with Gasteiger partial charge in [0.05, 0.1) is 0 Å². The molecule has 16 heavy (non-hydrogen) atoms. The molecule has 90 valence electrons. The third kappa shape index (κ3) is 5.47. The summed E-state index contributed by atoms with van der Waals surface area (Å²) in [7, 11) is 0. The van der Waals surface area contributed by atoms with Crippen molar-refractivity contribution in [2.75, 3.05) is 12.3 Å². The number of nitrogens with one attached hydrogen (secondary N) is 1. The second-order valence-electron chi connectivity index (χ2n) is 4.04. The average molecular weight is 239 g/mol. The summed E-state index contributed by atoms with van der Waals surface area (Å²) in [6.07, 6.45) is 6.09. The molecule has 1 atom stereocenters.